The van der Waals surface area contributed by atoms with Gasteiger partial charge in [0.2, 0.25) is 5.95 Å². The standard InChI is InChI=1S/C26H23N5S/c1-4-10-20(11-5-1)16-27-26-29-24-23(25(30-26)32-18-22-14-8-3-9-15-22)28-19-31(24)17-21-12-6-2-7-13-21/h1-15,19H,16-18H2,(H,27,29,30). The second-order valence-electron chi connectivity index (χ2n) is 7.50. The summed E-state index contributed by atoms with van der Waals surface area (Å²) < 4.78 is 2.09. The Kier molecular flexibility index (Phi) is 6.12. The molecule has 0 aliphatic heterocycles. The van der Waals surface area contributed by atoms with Gasteiger partial charge in [0.25, 0.3) is 0 Å². The van der Waals surface area contributed by atoms with Gasteiger partial charge in [0, 0.05) is 12.3 Å². The minimum Gasteiger partial charge on any atom is -0.350 e. The molecule has 0 spiro atoms. The van der Waals surface area contributed by atoms with Crippen LogP contribution in [-0.4, -0.2) is 19.5 Å². The lowest BCUT2D eigenvalue weighted by molar-refractivity contribution is 0.812. The van der Waals surface area contributed by atoms with E-state index in [9.17, 15) is 0 Å². The summed E-state index contributed by atoms with van der Waals surface area (Å²) in [5, 5.41) is 4.29. The van der Waals surface area contributed by atoms with Crippen LogP contribution < -0.4 is 5.32 Å². The normalized spacial score (nSPS) is 11.0. The summed E-state index contributed by atoms with van der Waals surface area (Å²) in [7, 11) is 0. The second-order valence-corrected chi connectivity index (χ2v) is 8.46. The third-order valence-electron chi connectivity index (χ3n) is 5.14. The number of benzene rings is 3. The maximum absolute atomic E-state index is 4.83. The van der Waals surface area contributed by atoms with E-state index in [4.69, 9.17) is 9.97 Å². The largest absolute Gasteiger partial charge is 0.350 e. The van der Waals surface area contributed by atoms with Crippen molar-refractivity contribution in [1.82, 2.24) is 19.5 Å². The molecule has 0 amide bonds. The zero-order valence-electron chi connectivity index (χ0n) is 17.6. The van der Waals surface area contributed by atoms with Crippen molar-refractivity contribution in [2.45, 2.75) is 23.9 Å². The van der Waals surface area contributed by atoms with Gasteiger partial charge >= 0.3 is 0 Å². The molecule has 5 nitrogen and oxygen atoms in total. The highest BCUT2D eigenvalue weighted by Gasteiger charge is 2.14. The quantitative estimate of drug-likeness (QED) is 0.246. The van der Waals surface area contributed by atoms with Crippen molar-refractivity contribution in [2.24, 2.45) is 0 Å². The molecule has 158 valence electrons. The third-order valence-corrected chi connectivity index (χ3v) is 6.18. The minimum absolute atomic E-state index is 0.617. The molecule has 3 aromatic carbocycles. The summed E-state index contributed by atoms with van der Waals surface area (Å²) >= 11 is 1.69. The molecule has 5 aromatic rings. The van der Waals surface area contributed by atoms with Crippen LogP contribution in [0.4, 0.5) is 5.95 Å². The molecule has 0 unspecified atom stereocenters. The van der Waals surface area contributed by atoms with E-state index in [1.807, 2.05) is 36.7 Å². The summed E-state index contributed by atoms with van der Waals surface area (Å²) in [5.41, 5.74) is 5.34. The van der Waals surface area contributed by atoms with Crippen LogP contribution in [0, 0.1) is 0 Å². The molecule has 0 bridgehead atoms. The molecule has 0 aliphatic carbocycles. The first kappa shape index (κ1) is 20.3. The van der Waals surface area contributed by atoms with Crippen molar-refractivity contribution in [2.75, 3.05) is 5.32 Å². The SMILES string of the molecule is c1ccc(CNc2nc(SCc3ccccc3)c3ncn(Cc4ccccc4)c3n2)cc1. The van der Waals surface area contributed by atoms with E-state index in [-0.39, 0.29) is 0 Å². The topological polar surface area (TPSA) is 55.6 Å². The lowest BCUT2D eigenvalue weighted by Crippen LogP contribution is -2.06. The van der Waals surface area contributed by atoms with Crippen LogP contribution >= 0.6 is 11.8 Å². The molecule has 32 heavy (non-hydrogen) atoms. The number of hydrogen-bond donors (Lipinski definition) is 1. The van der Waals surface area contributed by atoms with Gasteiger partial charge in [0.1, 0.15) is 10.5 Å². The molecule has 0 saturated carbocycles. The van der Waals surface area contributed by atoms with Crippen molar-refractivity contribution in [3.8, 4) is 0 Å². The molecule has 2 aromatic heterocycles. The molecule has 6 heteroatoms. The highest BCUT2D eigenvalue weighted by molar-refractivity contribution is 7.98. The van der Waals surface area contributed by atoms with Crippen LogP contribution in [0.1, 0.15) is 16.7 Å². The third kappa shape index (κ3) is 4.81. The number of imidazole rings is 1. The predicted octanol–water partition coefficient (Wildman–Crippen LogP) is 5.78. The second kappa shape index (κ2) is 9.66. The molecule has 0 radical (unpaired) electrons. The summed E-state index contributed by atoms with van der Waals surface area (Å²) in [5.74, 6) is 1.45. The number of rotatable bonds is 8. The van der Waals surface area contributed by atoms with Crippen molar-refractivity contribution < 1.29 is 0 Å². The van der Waals surface area contributed by atoms with Crippen molar-refractivity contribution >= 4 is 28.9 Å². The fourth-order valence-corrected chi connectivity index (χ4v) is 4.42. The van der Waals surface area contributed by atoms with E-state index in [1.165, 1.54) is 16.7 Å². The lowest BCUT2D eigenvalue weighted by atomic mass is 10.2. The van der Waals surface area contributed by atoms with Gasteiger partial charge in [-0.3, -0.25) is 0 Å². The Balaban J connectivity index is 1.46. The molecule has 0 aliphatic rings. The Morgan fingerprint density at radius 2 is 1.34 bits per heavy atom. The first-order chi connectivity index (χ1) is 15.8. The zero-order valence-corrected chi connectivity index (χ0v) is 18.4. The van der Waals surface area contributed by atoms with Crippen LogP contribution in [-0.2, 0) is 18.8 Å². The Hall–Kier alpha value is -3.64. The summed E-state index contributed by atoms with van der Waals surface area (Å²) in [6.45, 7) is 1.39. The molecule has 2 heterocycles. The van der Waals surface area contributed by atoms with Crippen LogP contribution in [0.3, 0.4) is 0 Å². The predicted molar refractivity (Wildman–Crippen MR) is 131 cm³/mol. The van der Waals surface area contributed by atoms with Gasteiger partial charge in [-0.05, 0) is 16.7 Å². The number of hydrogen-bond acceptors (Lipinski definition) is 5. The zero-order chi connectivity index (χ0) is 21.6. The Morgan fingerprint density at radius 3 is 2.03 bits per heavy atom. The summed E-state index contributed by atoms with van der Waals surface area (Å²) in [6, 6.07) is 31.1. The Labute approximate surface area is 191 Å². The van der Waals surface area contributed by atoms with Crippen molar-refractivity contribution in [1.29, 1.82) is 0 Å². The average Bonchev–Trinajstić information content (AvgIpc) is 3.26. The highest BCUT2D eigenvalue weighted by atomic mass is 32.2. The molecule has 0 saturated heterocycles. The van der Waals surface area contributed by atoms with E-state index in [0.717, 1.165) is 28.5 Å². The van der Waals surface area contributed by atoms with Crippen molar-refractivity contribution in [3.63, 3.8) is 0 Å². The van der Waals surface area contributed by atoms with Crippen LogP contribution in [0.25, 0.3) is 11.2 Å². The average molecular weight is 438 g/mol. The van der Waals surface area contributed by atoms with Crippen molar-refractivity contribution in [3.05, 3.63) is 114 Å². The number of thioether (sulfide) groups is 1. The fourth-order valence-electron chi connectivity index (χ4n) is 3.50. The van der Waals surface area contributed by atoms with Gasteiger partial charge in [-0.1, -0.05) is 103 Å². The maximum Gasteiger partial charge on any atom is 0.226 e. The molecule has 0 fully saturated rings. The molecule has 1 N–H and O–H groups in total. The number of nitrogens with zero attached hydrogens (tertiary/aromatic N) is 4. The summed E-state index contributed by atoms with van der Waals surface area (Å²) in [6.07, 6.45) is 1.86. The number of fused-ring (bicyclic) bond motifs is 1. The Morgan fingerprint density at radius 1 is 0.719 bits per heavy atom. The smallest absolute Gasteiger partial charge is 0.226 e. The lowest BCUT2D eigenvalue weighted by Gasteiger charge is -2.10. The minimum atomic E-state index is 0.617. The number of anilines is 1. The van der Waals surface area contributed by atoms with Gasteiger partial charge in [-0.25, -0.2) is 9.97 Å². The van der Waals surface area contributed by atoms with E-state index in [1.54, 1.807) is 11.8 Å². The van der Waals surface area contributed by atoms with Gasteiger partial charge in [0.05, 0.1) is 12.9 Å². The van der Waals surface area contributed by atoms with Gasteiger partial charge in [-0.2, -0.15) is 4.98 Å². The summed E-state index contributed by atoms with van der Waals surface area (Å²) in [4.78, 5) is 14.3. The Bertz CT molecular complexity index is 1290. The molecular formula is C26H23N5S. The molecular weight excluding hydrogens is 414 g/mol. The van der Waals surface area contributed by atoms with Crippen LogP contribution in [0.5, 0.6) is 0 Å². The monoisotopic (exact) mass is 437 g/mol. The van der Waals surface area contributed by atoms with E-state index in [0.29, 0.717) is 12.5 Å². The van der Waals surface area contributed by atoms with Gasteiger partial charge in [-0.15, -0.1) is 0 Å². The maximum atomic E-state index is 4.83. The van der Waals surface area contributed by atoms with Crippen LogP contribution in [0.15, 0.2) is 102 Å². The fraction of sp³-hybridized carbons (Fsp3) is 0.115. The van der Waals surface area contributed by atoms with E-state index < -0.39 is 0 Å². The molecule has 0 atom stereocenters. The highest BCUT2D eigenvalue weighted by Crippen LogP contribution is 2.29. The first-order valence-corrected chi connectivity index (χ1v) is 11.5. The molecule has 5 rings (SSSR count). The first-order valence-electron chi connectivity index (χ1n) is 10.6. The number of aromatic nitrogens is 4. The van der Waals surface area contributed by atoms with Gasteiger partial charge in [0.15, 0.2) is 5.65 Å². The van der Waals surface area contributed by atoms with E-state index in [2.05, 4.69) is 75.5 Å². The van der Waals surface area contributed by atoms with Crippen LogP contribution in [0.2, 0.25) is 0 Å². The van der Waals surface area contributed by atoms with E-state index >= 15 is 0 Å². The van der Waals surface area contributed by atoms with Gasteiger partial charge < -0.3 is 9.88 Å². The number of nitrogens with one attached hydrogen (secondary N) is 1.